The quantitative estimate of drug-likeness (QED) is 0.370. The molecule has 0 aromatic heterocycles. The van der Waals surface area contributed by atoms with E-state index in [9.17, 15) is 8.42 Å². The normalized spacial score (nSPS) is 21.5. The van der Waals surface area contributed by atoms with Gasteiger partial charge in [-0.1, -0.05) is 57.2 Å². The van der Waals surface area contributed by atoms with Crippen LogP contribution in [0.3, 0.4) is 0 Å². The number of para-hydroxylation sites is 1. The monoisotopic (exact) mass is 417 g/mol. The second-order valence-electron chi connectivity index (χ2n) is 6.86. The SMILES string of the molecule is CCCCCCCCc1ccccc1OC(=S)NC1CS(=O)(=O)CC1Cl. The smallest absolute Gasteiger partial charge is 0.262 e. The molecule has 1 aromatic carbocycles. The molecule has 7 heteroatoms. The van der Waals surface area contributed by atoms with Crippen LogP contribution in [0.1, 0.15) is 51.0 Å². The van der Waals surface area contributed by atoms with Crippen molar-refractivity contribution in [2.75, 3.05) is 11.5 Å². The van der Waals surface area contributed by atoms with E-state index in [1.807, 2.05) is 24.3 Å². The Morgan fingerprint density at radius 3 is 2.58 bits per heavy atom. The first-order valence-corrected chi connectivity index (χ1v) is 12.0. The van der Waals surface area contributed by atoms with Crippen molar-refractivity contribution in [1.82, 2.24) is 5.32 Å². The highest BCUT2D eigenvalue weighted by Crippen LogP contribution is 2.22. The summed E-state index contributed by atoms with van der Waals surface area (Å²) >= 11 is 11.4. The number of thiocarbonyl (C=S) groups is 1. The summed E-state index contributed by atoms with van der Waals surface area (Å²) in [6.45, 7) is 2.22. The van der Waals surface area contributed by atoms with Gasteiger partial charge < -0.3 is 10.1 Å². The average Bonchev–Trinajstić information content (AvgIpc) is 2.83. The van der Waals surface area contributed by atoms with Crippen molar-refractivity contribution >= 4 is 38.8 Å². The maximum Gasteiger partial charge on any atom is 0.262 e. The van der Waals surface area contributed by atoms with Crippen LogP contribution in [0.4, 0.5) is 0 Å². The van der Waals surface area contributed by atoms with Crippen LogP contribution in [-0.4, -0.2) is 36.5 Å². The number of hydrogen-bond donors (Lipinski definition) is 1. The average molecular weight is 418 g/mol. The lowest BCUT2D eigenvalue weighted by molar-refractivity contribution is 0.502. The molecule has 2 rings (SSSR count). The molecule has 0 radical (unpaired) electrons. The van der Waals surface area contributed by atoms with Gasteiger partial charge in [0.15, 0.2) is 9.84 Å². The summed E-state index contributed by atoms with van der Waals surface area (Å²) < 4.78 is 29.1. The Morgan fingerprint density at radius 1 is 1.19 bits per heavy atom. The number of hydrogen-bond acceptors (Lipinski definition) is 4. The summed E-state index contributed by atoms with van der Waals surface area (Å²) in [7, 11) is -3.10. The third-order valence-electron chi connectivity index (χ3n) is 4.56. The molecule has 1 aliphatic heterocycles. The Bertz CT molecular complexity index is 694. The summed E-state index contributed by atoms with van der Waals surface area (Å²) in [5, 5.41) is 2.64. The first-order chi connectivity index (χ1) is 12.4. The number of halogens is 1. The van der Waals surface area contributed by atoms with Gasteiger partial charge in [-0.3, -0.25) is 0 Å². The number of sulfone groups is 1. The van der Waals surface area contributed by atoms with Gasteiger partial charge in [-0.05, 0) is 36.7 Å². The van der Waals surface area contributed by atoms with Gasteiger partial charge in [0.2, 0.25) is 0 Å². The predicted molar refractivity (Wildman–Crippen MR) is 112 cm³/mol. The largest absolute Gasteiger partial charge is 0.432 e. The highest BCUT2D eigenvalue weighted by atomic mass is 35.5. The number of ether oxygens (including phenoxy) is 1. The Hall–Kier alpha value is -0.850. The molecule has 0 saturated carbocycles. The lowest BCUT2D eigenvalue weighted by atomic mass is 10.0. The van der Waals surface area contributed by atoms with Crippen LogP contribution in [0.5, 0.6) is 5.75 Å². The molecule has 0 spiro atoms. The zero-order chi connectivity index (χ0) is 19.0. The van der Waals surface area contributed by atoms with Gasteiger partial charge in [0, 0.05) is 0 Å². The van der Waals surface area contributed by atoms with Gasteiger partial charge in [-0.25, -0.2) is 8.42 Å². The van der Waals surface area contributed by atoms with Crippen molar-refractivity contribution in [3.8, 4) is 5.75 Å². The number of benzene rings is 1. The number of rotatable bonds is 9. The topological polar surface area (TPSA) is 55.4 Å². The third-order valence-corrected chi connectivity index (χ3v) is 7.14. The molecule has 0 aliphatic carbocycles. The molecule has 0 bridgehead atoms. The van der Waals surface area contributed by atoms with E-state index in [-0.39, 0.29) is 16.7 Å². The molecule has 1 N–H and O–H groups in total. The molecule has 146 valence electrons. The van der Waals surface area contributed by atoms with Crippen LogP contribution in [0.15, 0.2) is 24.3 Å². The van der Waals surface area contributed by atoms with Crippen molar-refractivity contribution < 1.29 is 13.2 Å². The van der Waals surface area contributed by atoms with Gasteiger partial charge in [0.05, 0.1) is 22.9 Å². The number of aryl methyl sites for hydroxylation is 1. The first kappa shape index (κ1) is 21.5. The molecule has 1 fully saturated rings. The predicted octanol–water partition coefficient (Wildman–Crippen LogP) is 4.25. The van der Waals surface area contributed by atoms with Crippen molar-refractivity contribution in [3.05, 3.63) is 29.8 Å². The highest BCUT2D eigenvalue weighted by Gasteiger charge is 2.37. The highest BCUT2D eigenvalue weighted by molar-refractivity contribution is 7.91. The van der Waals surface area contributed by atoms with E-state index >= 15 is 0 Å². The molecule has 1 aromatic rings. The molecule has 0 amide bonds. The minimum Gasteiger partial charge on any atom is -0.432 e. The van der Waals surface area contributed by atoms with Crippen LogP contribution in [-0.2, 0) is 16.3 Å². The molecule has 1 heterocycles. The van der Waals surface area contributed by atoms with E-state index in [4.69, 9.17) is 28.6 Å². The lowest BCUT2D eigenvalue weighted by Crippen LogP contribution is -2.42. The van der Waals surface area contributed by atoms with E-state index in [2.05, 4.69) is 12.2 Å². The summed E-state index contributed by atoms with van der Waals surface area (Å²) in [5.41, 5.74) is 1.12. The molecular formula is C19H28ClNO3S2. The number of unbranched alkanes of at least 4 members (excludes halogenated alkanes) is 5. The summed E-state index contributed by atoms with van der Waals surface area (Å²) in [6, 6.07) is 7.44. The summed E-state index contributed by atoms with van der Waals surface area (Å²) in [4.78, 5) is 0. The minimum atomic E-state index is -3.10. The lowest BCUT2D eigenvalue weighted by Gasteiger charge is -2.18. The number of nitrogens with one attached hydrogen (secondary N) is 1. The van der Waals surface area contributed by atoms with Crippen molar-refractivity contribution in [3.63, 3.8) is 0 Å². The van der Waals surface area contributed by atoms with Gasteiger partial charge in [-0.15, -0.1) is 11.6 Å². The molecule has 26 heavy (non-hydrogen) atoms. The zero-order valence-corrected chi connectivity index (χ0v) is 17.6. The Balaban J connectivity index is 1.84. The van der Waals surface area contributed by atoms with Crippen LogP contribution in [0.2, 0.25) is 0 Å². The van der Waals surface area contributed by atoms with Crippen molar-refractivity contribution in [2.24, 2.45) is 0 Å². The van der Waals surface area contributed by atoms with E-state index in [1.54, 1.807) is 0 Å². The summed E-state index contributed by atoms with van der Waals surface area (Å²) in [6.07, 6.45) is 8.40. The Labute approximate surface area is 167 Å². The van der Waals surface area contributed by atoms with Crippen molar-refractivity contribution in [1.29, 1.82) is 0 Å². The van der Waals surface area contributed by atoms with Gasteiger partial charge in [0.25, 0.3) is 5.17 Å². The fraction of sp³-hybridized carbons (Fsp3) is 0.632. The van der Waals surface area contributed by atoms with Crippen molar-refractivity contribution in [2.45, 2.75) is 63.3 Å². The van der Waals surface area contributed by atoms with Gasteiger partial charge in [0.1, 0.15) is 5.75 Å². The van der Waals surface area contributed by atoms with Crippen LogP contribution in [0, 0.1) is 0 Å². The zero-order valence-electron chi connectivity index (χ0n) is 15.2. The number of alkyl halides is 1. The first-order valence-electron chi connectivity index (χ1n) is 9.32. The van der Waals surface area contributed by atoms with E-state index in [1.165, 1.54) is 32.1 Å². The summed E-state index contributed by atoms with van der Waals surface area (Å²) in [5.74, 6) is 0.693. The van der Waals surface area contributed by atoms with E-state index < -0.39 is 21.3 Å². The third kappa shape index (κ3) is 7.05. The van der Waals surface area contributed by atoms with Gasteiger partial charge >= 0.3 is 0 Å². The maximum atomic E-state index is 11.6. The minimum absolute atomic E-state index is 0.00985. The molecule has 2 atom stereocenters. The van der Waals surface area contributed by atoms with E-state index in [0.29, 0.717) is 0 Å². The molecule has 1 saturated heterocycles. The Morgan fingerprint density at radius 2 is 1.88 bits per heavy atom. The standard InChI is InChI=1S/C19H28ClNO3S2/c1-2-3-4-5-6-7-10-15-11-8-9-12-18(15)24-19(25)21-17-14-26(22,23)13-16(17)20/h8-9,11-12,16-17H,2-7,10,13-14H2,1H3,(H,21,25). The molecule has 2 unspecified atom stereocenters. The molecule has 4 nitrogen and oxygen atoms in total. The van der Waals surface area contributed by atoms with Crippen LogP contribution >= 0.6 is 23.8 Å². The molecular weight excluding hydrogens is 390 g/mol. The maximum absolute atomic E-state index is 11.6. The fourth-order valence-corrected chi connectivity index (χ4v) is 5.91. The molecule has 1 aliphatic rings. The van der Waals surface area contributed by atoms with Gasteiger partial charge in [-0.2, -0.15) is 0 Å². The second kappa shape index (κ2) is 10.5. The van der Waals surface area contributed by atoms with E-state index in [0.717, 1.165) is 24.2 Å². The fourth-order valence-electron chi connectivity index (χ4n) is 3.12. The van der Waals surface area contributed by atoms with Crippen LogP contribution < -0.4 is 10.1 Å². The Kier molecular flexibility index (Phi) is 8.64. The second-order valence-corrected chi connectivity index (χ2v) is 9.94. The van der Waals surface area contributed by atoms with Crippen LogP contribution in [0.25, 0.3) is 0 Å².